The Hall–Kier alpha value is -2.87. The van der Waals surface area contributed by atoms with Crippen molar-refractivity contribution in [2.75, 3.05) is 24.6 Å². The number of hydrogen-bond donors (Lipinski definition) is 1. The van der Waals surface area contributed by atoms with Crippen molar-refractivity contribution in [1.29, 1.82) is 0 Å². The van der Waals surface area contributed by atoms with E-state index in [2.05, 4.69) is 9.46 Å². The molecule has 0 unspecified atom stereocenters. The quantitative estimate of drug-likeness (QED) is 0.683. The summed E-state index contributed by atoms with van der Waals surface area (Å²) in [5, 5.41) is 0. The van der Waals surface area contributed by atoms with Crippen LogP contribution < -0.4 is 4.72 Å². The first kappa shape index (κ1) is 21.4. The Labute approximate surface area is 165 Å². The fourth-order valence-corrected chi connectivity index (χ4v) is 3.25. The molecule has 7 nitrogen and oxygen atoms in total. The Morgan fingerprint density at radius 2 is 1.79 bits per heavy atom. The van der Waals surface area contributed by atoms with Gasteiger partial charge in [0.15, 0.2) is 0 Å². The van der Waals surface area contributed by atoms with E-state index in [-0.39, 0.29) is 18.9 Å². The summed E-state index contributed by atoms with van der Waals surface area (Å²) in [4.78, 5) is 26.2. The first-order chi connectivity index (χ1) is 13.2. The summed E-state index contributed by atoms with van der Waals surface area (Å²) in [5.74, 6) is -0.710. The molecule has 2 aromatic carbocycles. The number of nitrogens with one attached hydrogen (secondary N) is 1. The number of sulfonamides is 1. The van der Waals surface area contributed by atoms with E-state index in [9.17, 15) is 18.0 Å². The molecular formula is C20H24N2O5S. The average Bonchev–Trinajstić information content (AvgIpc) is 2.65. The summed E-state index contributed by atoms with van der Waals surface area (Å²) < 4.78 is 30.2. The molecule has 0 aliphatic carbocycles. The topological polar surface area (TPSA) is 92.8 Å². The van der Waals surface area contributed by atoms with Crippen LogP contribution in [0.15, 0.2) is 48.5 Å². The van der Waals surface area contributed by atoms with E-state index in [1.807, 2.05) is 30.3 Å². The van der Waals surface area contributed by atoms with Crippen LogP contribution in [0.1, 0.15) is 27.9 Å². The molecule has 150 valence electrons. The molecule has 0 bridgehead atoms. The molecule has 0 atom stereocenters. The molecule has 0 aliphatic rings. The first-order valence-electron chi connectivity index (χ1n) is 8.68. The van der Waals surface area contributed by atoms with E-state index in [4.69, 9.17) is 0 Å². The van der Waals surface area contributed by atoms with Crippen molar-refractivity contribution < 1.29 is 22.7 Å². The van der Waals surface area contributed by atoms with Gasteiger partial charge in [0.1, 0.15) is 0 Å². The van der Waals surface area contributed by atoms with Crippen molar-refractivity contribution in [3.8, 4) is 0 Å². The third-order valence-corrected chi connectivity index (χ3v) is 4.69. The van der Waals surface area contributed by atoms with Gasteiger partial charge in [-0.25, -0.2) is 8.42 Å². The number of carbonyl (C=O) groups excluding carboxylic acids is 2. The number of methoxy groups -OCH3 is 1. The zero-order chi connectivity index (χ0) is 20.7. The Morgan fingerprint density at radius 1 is 1.11 bits per heavy atom. The fraction of sp³-hybridized carbons (Fsp3) is 0.300. The van der Waals surface area contributed by atoms with Crippen LogP contribution in [0.5, 0.6) is 0 Å². The number of benzene rings is 2. The summed E-state index contributed by atoms with van der Waals surface area (Å²) in [5.41, 5.74) is 2.30. The second kappa shape index (κ2) is 9.36. The maximum atomic E-state index is 13.1. The second-order valence-corrected chi connectivity index (χ2v) is 8.19. The summed E-state index contributed by atoms with van der Waals surface area (Å²) in [7, 11) is -2.17. The minimum atomic E-state index is -3.47. The van der Waals surface area contributed by atoms with Crippen LogP contribution in [0, 0.1) is 6.92 Å². The van der Waals surface area contributed by atoms with Crippen molar-refractivity contribution in [1.82, 2.24) is 4.90 Å². The van der Waals surface area contributed by atoms with E-state index >= 15 is 0 Å². The Kier molecular flexibility index (Phi) is 7.17. The van der Waals surface area contributed by atoms with E-state index in [1.165, 1.54) is 13.2 Å². The molecule has 0 fully saturated rings. The van der Waals surface area contributed by atoms with Crippen molar-refractivity contribution >= 4 is 27.6 Å². The van der Waals surface area contributed by atoms with Gasteiger partial charge in [-0.05, 0) is 30.2 Å². The van der Waals surface area contributed by atoms with E-state index < -0.39 is 16.0 Å². The average molecular weight is 404 g/mol. The largest absolute Gasteiger partial charge is 0.469 e. The number of anilines is 1. The summed E-state index contributed by atoms with van der Waals surface area (Å²) in [6.07, 6.45) is 1.12. The van der Waals surface area contributed by atoms with Gasteiger partial charge in [0.25, 0.3) is 5.91 Å². The molecule has 0 aromatic heterocycles. The van der Waals surface area contributed by atoms with Gasteiger partial charge in [0, 0.05) is 18.7 Å². The van der Waals surface area contributed by atoms with Gasteiger partial charge in [-0.1, -0.05) is 36.4 Å². The summed E-state index contributed by atoms with van der Waals surface area (Å²) in [6, 6.07) is 14.2. The molecule has 2 aromatic rings. The van der Waals surface area contributed by atoms with Crippen LogP contribution in [-0.4, -0.2) is 45.1 Å². The fourth-order valence-electron chi connectivity index (χ4n) is 2.63. The molecule has 0 saturated heterocycles. The summed E-state index contributed by atoms with van der Waals surface area (Å²) in [6.45, 7) is 2.25. The molecule has 0 spiro atoms. The normalized spacial score (nSPS) is 11.0. The monoisotopic (exact) mass is 404 g/mol. The predicted molar refractivity (Wildman–Crippen MR) is 107 cm³/mol. The highest BCUT2D eigenvalue weighted by Crippen LogP contribution is 2.20. The highest BCUT2D eigenvalue weighted by Gasteiger charge is 2.19. The van der Waals surface area contributed by atoms with E-state index in [0.29, 0.717) is 23.4 Å². The van der Waals surface area contributed by atoms with Gasteiger partial charge < -0.3 is 9.64 Å². The number of carbonyl (C=O) groups is 2. The van der Waals surface area contributed by atoms with Crippen LogP contribution in [0.3, 0.4) is 0 Å². The number of rotatable bonds is 8. The smallest absolute Gasteiger partial charge is 0.307 e. The molecule has 2 rings (SSSR count). The molecule has 0 radical (unpaired) electrons. The van der Waals surface area contributed by atoms with Crippen LogP contribution in [-0.2, 0) is 26.1 Å². The maximum absolute atomic E-state index is 13.1. The molecule has 0 saturated carbocycles. The molecule has 1 amide bonds. The first-order valence-corrected chi connectivity index (χ1v) is 10.6. The number of nitrogens with zero attached hydrogens (tertiary/aromatic N) is 1. The van der Waals surface area contributed by atoms with Gasteiger partial charge in [0.05, 0.1) is 25.5 Å². The minimum absolute atomic E-state index is 0.0649. The van der Waals surface area contributed by atoms with Crippen LogP contribution in [0.2, 0.25) is 0 Å². The zero-order valence-electron chi connectivity index (χ0n) is 16.1. The number of esters is 1. The van der Waals surface area contributed by atoms with Gasteiger partial charge in [-0.15, -0.1) is 0 Å². The lowest BCUT2D eigenvalue weighted by atomic mass is 10.1. The third kappa shape index (κ3) is 6.38. The highest BCUT2D eigenvalue weighted by atomic mass is 32.2. The number of amides is 1. The Balaban J connectivity index is 2.29. The number of aryl methyl sites for hydroxylation is 1. The van der Waals surface area contributed by atoms with Gasteiger partial charge in [-0.2, -0.15) is 0 Å². The summed E-state index contributed by atoms with van der Waals surface area (Å²) >= 11 is 0. The van der Waals surface area contributed by atoms with Crippen LogP contribution in [0.25, 0.3) is 0 Å². The molecular weight excluding hydrogens is 380 g/mol. The standard InChI is InChI=1S/C20H24N2O5S/c1-15-9-10-17(13-18(15)21-28(3,25)26)20(24)22(12-11-19(23)27-2)14-16-7-5-4-6-8-16/h4-10,13,21H,11-12,14H2,1-3H3. The second-order valence-electron chi connectivity index (χ2n) is 6.44. The van der Waals surface area contributed by atoms with Crippen molar-refractivity contribution in [3.05, 3.63) is 65.2 Å². The molecule has 28 heavy (non-hydrogen) atoms. The van der Waals surface area contributed by atoms with Crippen LogP contribution >= 0.6 is 0 Å². The number of ether oxygens (including phenoxy) is 1. The Morgan fingerprint density at radius 3 is 2.39 bits per heavy atom. The van der Waals surface area contributed by atoms with Gasteiger partial charge >= 0.3 is 5.97 Å². The third-order valence-electron chi connectivity index (χ3n) is 4.10. The van der Waals surface area contributed by atoms with Gasteiger partial charge in [0.2, 0.25) is 10.0 Å². The van der Waals surface area contributed by atoms with Crippen molar-refractivity contribution in [2.24, 2.45) is 0 Å². The molecule has 0 heterocycles. The van der Waals surface area contributed by atoms with Crippen LogP contribution in [0.4, 0.5) is 5.69 Å². The van der Waals surface area contributed by atoms with E-state index in [1.54, 1.807) is 24.0 Å². The molecule has 1 N–H and O–H groups in total. The Bertz CT molecular complexity index is 942. The van der Waals surface area contributed by atoms with Crippen molar-refractivity contribution in [3.63, 3.8) is 0 Å². The number of hydrogen-bond acceptors (Lipinski definition) is 5. The van der Waals surface area contributed by atoms with E-state index in [0.717, 1.165) is 11.8 Å². The minimum Gasteiger partial charge on any atom is -0.469 e. The zero-order valence-corrected chi connectivity index (χ0v) is 17.0. The van der Waals surface area contributed by atoms with Gasteiger partial charge in [-0.3, -0.25) is 14.3 Å². The molecule has 8 heteroatoms. The lowest BCUT2D eigenvalue weighted by Gasteiger charge is -2.23. The van der Waals surface area contributed by atoms with Crippen molar-refractivity contribution in [2.45, 2.75) is 19.9 Å². The SMILES string of the molecule is COC(=O)CCN(Cc1ccccc1)C(=O)c1ccc(C)c(NS(C)(=O)=O)c1. The maximum Gasteiger partial charge on any atom is 0.307 e. The lowest BCUT2D eigenvalue weighted by Crippen LogP contribution is -2.33. The lowest BCUT2D eigenvalue weighted by molar-refractivity contribution is -0.140. The molecule has 0 aliphatic heterocycles. The predicted octanol–water partition coefficient (Wildman–Crippen LogP) is 2.57. The highest BCUT2D eigenvalue weighted by molar-refractivity contribution is 7.92.